The highest BCUT2D eigenvalue weighted by atomic mass is 32.2. The number of esters is 2. The molecule has 218 valence electrons. The molecular formula is C24H42N4O9S. The summed E-state index contributed by atoms with van der Waals surface area (Å²) in [6, 6.07) is -1.59. The van der Waals surface area contributed by atoms with Gasteiger partial charge < -0.3 is 36.3 Å². The number of Topliss-reactive ketones (excluding diaryl/α,β-unsaturated/α-hetero) is 1. The van der Waals surface area contributed by atoms with Crippen LogP contribution in [0.4, 0.5) is 0 Å². The minimum atomic E-state index is -0.897. The van der Waals surface area contributed by atoms with Crippen LogP contribution >= 0.6 is 11.8 Å². The first-order valence-electron chi connectivity index (χ1n) is 12.7. The molecule has 0 aromatic rings. The monoisotopic (exact) mass is 562 g/mol. The second-order valence-electron chi connectivity index (χ2n) is 8.29. The lowest BCUT2D eigenvalue weighted by Crippen LogP contribution is -2.49. The third-order valence-corrected chi connectivity index (χ3v) is 6.20. The first kappa shape index (κ1) is 35.3. The second kappa shape index (κ2) is 21.2. The summed E-state index contributed by atoms with van der Waals surface area (Å²) in [7, 11) is 0. The van der Waals surface area contributed by atoms with E-state index in [0.29, 0.717) is 12.8 Å². The molecule has 0 saturated heterocycles. The number of carbonyl (C=O) groups is 6. The molecule has 0 aliphatic rings. The van der Waals surface area contributed by atoms with Crippen LogP contribution in [0.2, 0.25) is 0 Å². The number of thioether (sulfide) groups is 1. The summed E-state index contributed by atoms with van der Waals surface area (Å²) in [5.74, 6) is -1.97. The van der Waals surface area contributed by atoms with Crippen molar-refractivity contribution in [2.45, 2.75) is 77.5 Å². The number of carbonyl (C=O) groups excluding carboxylic acids is 6. The Morgan fingerprint density at radius 3 is 2.21 bits per heavy atom. The predicted octanol–water partition coefficient (Wildman–Crippen LogP) is -0.426. The molecule has 0 heterocycles. The Morgan fingerprint density at radius 1 is 0.921 bits per heavy atom. The van der Waals surface area contributed by atoms with E-state index < -0.39 is 41.9 Å². The van der Waals surface area contributed by atoms with E-state index in [0.717, 1.165) is 0 Å². The predicted molar refractivity (Wildman–Crippen MR) is 141 cm³/mol. The lowest BCUT2D eigenvalue weighted by atomic mass is 10.1. The van der Waals surface area contributed by atoms with Crippen LogP contribution in [0, 0.1) is 0 Å². The number of primary amides is 1. The first-order valence-corrected chi connectivity index (χ1v) is 13.8. The zero-order valence-corrected chi connectivity index (χ0v) is 23.3. The lowest BCUT2D eigenvalue weighted by Gasteiger charge is -2.20. The summed E-state index contributed by atoms with van der Waals surface area (Å²) in [6.45, 7) is 5.17. The minimum Gasteiger partial charge on any atom is -0.462 e. The van der Waals surface area contributed by atoms with Crippen molar-refractivity contribution < 1.29 is 43.0 Å². The van der Waals surface area contributed by atoms with E-state index in [1.807, 2.05) is 0 Å². The van der Waals surface area contributed by atoms with Gasteiger partial charge in [0.05, 0.1) is 25.2 Å². The molecule has 0 bridgehead atoms. The third kappa shape index (κ3) is 17.7. The summed E-state index contributed by atoms with van der Waals surface area (Å²) in [4.78, 5) is 70.1. The fraction of sp³-hybridized carbons (Fsp3) is 0.750. The molecule has 0 radical (unpaired) electrons. The Morgan fingerprint density at radius 2 is 1.61 bits per heavy atom. The van der Waals surface area contributed by atoms with Gasteiger partial charge in [0, 0.05) is 43.8 Å². The molecule has 0 saturated carbocycles. The highest BCUT2D eigenvalue weighted by Gasteiger charge is 2.23. The van der Waals surface area contributed by atoms with Crippen LogP contribution in [-0.2, 0) is 43.0 Å². The van der Waals surface area contributed by atoms with Gasteiger partial charge in [-0.25, -0.2) is 0 Å². The number of hydrogen-bond acceptors (Lipinski definition) is 11. The molecule has 14 heteroatoms. The molecule has 0 aromatic carbocycles. The molecule has 0 aliphatic carbocycles. The summed E-state index contributed by atoms with van der Waals surface area (Å²) >= 11 is 1.27. The van der Waals surface area contributed by atoms with Gasteiger partial charge in [-0.15, -0.1) is 0 Å². The Bertz CT molecular complexity index is 782. The molecular weight excluding hydrogens is 520 g/mol. The van der Waals surface area contributed by atoms with Gasteiger partial charge >= 0.3 is 11.9 Å². The van der Waals surface area contributed by atoms with Crippen molar-refractivity contribution in [3.05, 3.63) is 0 Å². The Kier molecular flexibility index (Phi) is 19.7. The first-order chi connectivity index (χ1) is 18.0. The van der Waals surface area contributed by atoms with E-state index in [1.54, 1.807) is 20.8 Å². The number of nitrogens with one attached hydrogen (secondary N) is 2. The number of ketones is 1. The molecule has 0 rings (SSSR count). The van der Waals surface area contributed by atoms with E-state index in [9.17, 15) is 28.8 Å². The highest BCUT2D eigenvalue weighted by Crippen LogP contribution is 2.10. The second-order valence-corrected chi connectivity index (χ2v) is 9.37. The molecule has 0 aliphatic heterocycles. The maximum atomic E-state index is 12.5. The zero-order chi connectivity index (χ0) is 28.9. The largest absolute Gasteiger partial charge is 0.462 e. The van der Waals surface area contributed by atoms with E-state index in [1.165, 1.54) is 11.8 Å². The topological polar surface area (TPSA) is 206 Å². The fourth-order valence-electron chi connectivity index (χ4n) is 2.83. The van der Waals surface area contributed by atoms with E-state index in [4.69, 9.17) is 25.7 Å². The number of hydrogen-bond donors (Lipinski definition) is 4. The smallest absolute Gasteiger partial charge is 0.305 e. The van der Waals surface area contributed by atoms with Crippen LogP contribution in [-0.4, -0.2) is 91.5 Å². The molecule has 0 aromatic heterocycles. The highest BCUT2D eigenvalue weighted by molar-refractivity contribution is 7.99. The molecule has 0 unspecified atom stereocenters. The number of nitrogens with two attached hydrogens (primary N) is 2. The fourth-order valence-corrected chi connectivity index (χ4v) is 3.80. The Hall–Kier alpha value is -2.71. The van der Waals surface area contributed by atoms with Crippen LogP contribution in [0.25, 0.3) is 0 Å². The lowest BCUT2D eigenvalue weighted by molar-refractivity contribution is -0.157. The molecule has 3 amide bonds. The van der Waals surface area contributed by atoms with Gasteiger partial charge in [0.1, 0.15) is 12.7 Å². The zero-order valence-electron chi connectivity index (χ0n) is 22.5. The number of ether oxygens (including phenoxy) is 3. The van der Waals surface area contributed by atoms with Crippen molar-refractivity contribution in [3.8, 4) is 0 Å². The summed E-state index contributed by atoms with van der Waals surface area (Å²) < 4.78 is 15.7. The standard InChI is InChI=1S/C24H42N4O9S/c1-4-18(19(29)8-7-10-35-11-9-21(31)27-12-20(26)30)28-24(34)17(25)15-38-14-16(37-23(33)6-3)13-36-22(32)5-2/h16-18H,4-15,25H2,1-3H3,(H2,26,30)(H,27,31)(H,28,34)/t16-,17+,18+/m1/s1. The van der Waals surface area contributed by atoms with Crippen LogP contribution in [0.3, 0.4) is 0 Å². The SMILES string of the molecule is CCC(=O)OC[C@H](CSC[C@H](N)C(=O)N[C@@H](CC)C(=O)CCCOCCC(=O)NCC(N)=O)OC(=O)CC. The number of rotatable bonds is 22. The van der Waals surface area contributed by atoms with Gasteiger partial charge in [-0.3, -0.25) is 28.8 Å². The maximum absolute atomic E-state index is 12.5. The quantitative estimate of drug-likeness (QED) is 0.0984. The molecule has 6 N–H and O–H groups in total. The van der Waals surface area contributed by atoms with Gasteiger partial charge in [0.15, 0.2) is 5.78 Å². The molecule has 0 spiro atoms. The van der Waals surface area contributed by atoms with Gasteiger partial charge in [0.25, 0.3) is 0 Å². The maximum Gasteiger partial charge on any atom is 0.305 e. The van der Waals surface area contributed by atoms with Gasteiger partial charge in [0.2, 0.25) is 17.7 Å². The Balaban J connectivity index is 4.36. The van der Waals surface area contributed by atoms with Gasteiger partial charge in [-0.2, -0.15) is 11.8 Å². The van der Waals surface area contributed by atoms with Crippen molar-refractivity contribution in [3.63, 3.8) is 0 Å². The van der Waals surface area contributed by atoms with Crippen molar-refractivity contribution >= 4 is 47.2 Å². The van der Waals surface area contributed by atoms with E-state index >= 15 is 0 Å². The summed E-state index contributed by atoms with van der Waals surface area (Å²) in [5, 5.41) is 5.01. The normalized spacial score (nSPS) is 13.1. The van der Waals surface area contributed by atoms with Crippen molar-refractivity contribution in [1.29, 1.82) is 0 Å². The third-order valence-electron chi connectivity index (χ3n) is 5.00. The number of amides is 3. The van der Waals surface area contributed by atoms with E-state index in [2.05, 4.69) is 10.6 Å². The van der Waals surface area contributed by atoms with Crippen LogP contribution in [0.15, 0.2) is 0 Å². The van der Waals surface area contributed by atoms with Crippen molar-refractivity contribution in [2.75, 3.05) is 37.9 Å². The van der Waals surface area contributed by atoms with Crippen LogP contribution in [0.1, 0.15) is 59.3 Å². The van der Waals surface area contributed by atoms with E-state index in [-0.39, 0.29) is 75.2 Å². The molecule has 3 atom stereocenters. The minimum absolute atomic E-state index is 0.0659. The molecule has 0 fully saturated rings. The van der Waals surface area contributed by atoms with Gasteiger partial charge in [-0.05, 0) is 12.8 Å². The summed E-state index contributed by atoms with van der Waals surface area (Å²) in [5.41, 5.74) is 10.9. The Labute approximate surface area is 227 Å². The van der Waals surface area contributed by atoms with Crippen molar-refractivity contribution in [1.82, 2.24) is 10.6 Å². The summed E-state index contributed by atoms with van der Waals surface area (Å²) in [6.07, 6.45) is 0.775. The van der Waals surface area contributed by atoms with Gasteiger partial charge in [-0.1, -0.05) is 20.8 Å². The molecule has 38 heavy (non-hydrogen) atoms. The average Bonchev–Trinajstić information content (AvgIpc) is 2.89. The van der Waals surface area contributed by atoms with Crippen LogP contribution < -0.4 is 22.1 Å². The molecule has 13 nitrogen and oxygen atoms in total. The van der Waals surface area contributed by atoms with Crippen molar-refractivity contribution in [2.24, 2.45) is 11.5 Å². The average molecular weight is 563 g/mol. The van der Waals surface area contributed by atoms with Crippen LogP contribution in [0.5, 0.6) is 0 Å².